The second-order valence-corrected chi connectivity index (χ2v) is 7.57. The van der Waals surface area contributed by atoms with Gasteiger partial charge in [-0.1, -0.05) is 26.0 Å². The van der Waals surface area contributed by atoms with Gasteiger partial charge in [-0.2, -0.15) is 0 Å². The number of sulfonamides is 1. The molecule has 0 unspecified atom stereocenters. The molecule has 120 valence electrons. The van der Waals surface area contributed by atoms with Crippen LogP contribution >= 0.6 is 0 Å². The summed E-state index contributed by atoms with van der Waals surface area (Å²) in [6, 6.07) is 3.70. The summed E-state index contributed by atoms with van der Waals surface area (Å²) in [5.41, 5.74) is 1.84. The van der Waals surface area contributed by atoms with E-state index in [1.54, 1.807) is 26.0 Å². The van der Waals surface area contributed by atoms with Crippen molar-refractivity contribution in [2.75, 3.05) is 12.3 Å². The Morgan fingerprint density at radius 2 is 1.76 bits per heavy atom. The third-order valence-corrected chi connectivity index (χ3v) is 4.55. The molecule has 2 N–H and O–H groups in total. The number of hydrogen-bond donors (Lipinski definition) is 2. The van der Waals surface area contributed by atoms with Crippen LogP contribution in [0.2, 0.25) is 0 Å². The normalized spacial score (nSPS) is 12.1. The molecule has 0 bridgehead atoms. The van der Waals surface area contributed by atoms with Crippen molar-refractivity contribution in [2.24, 2.45) is 0 Å². The first-order valence-corrected chi connectivity index (χ1v) is 8.83. The summed E-state index contributed by atoms with van der Waals surface area (Å²) in [6.45, 7) is 8.27. The van der Waals surface area contributed by atoms with Gasteiger partial charge in [0, 0.05) is 12.6 Å². The monoisotopic (exact) mass is 316 g/mol. The van der Waals surface area contributed by atoms with E-state index in [0.29, 0.717) is 30.1 Å². The van der Waals surface area contributed by atoms with E-state index in [2.05, 4.69) is 10.0 Å². The summed E-state index contributed by atoms with van der Waals surface area (Å²) in [6.07, 6.45) is 0.564. The zero-order valence-corrected chi connectivity index (χ0v) is 14.0. The molecular weight excluding hydrogens is 291 g/mol. The van der Waals surface area contributed by atoms with Gasteiger partial charge in [-0.3, -0.25) is 0 Å². The molecule has 0 aromatic heterocycles. The average Bonchev–Trinajstić information content (AvgIpc) is 2.38. The smallest absolute Gasteiger partial charge is 0.211 e. The molecule has 0 fully saturated rings. The van der Waals surface area contributed by atoms with Crippen LogP contribution in [0.4, 0.5) is 4.39 Å². The standard InChI is InChI=1S/C15H25FN2O2S/c1-11(2)17-6-5-7-21(19,20)18-10-14-8-12(3)15(16)13(4)9-14/h8-9,11,17-18H,5-7,10H2,1-4H3. The zero-order valence-electron chi connectivity index (χ0n) is 13.2. The Bertz CT molecular complexity index is 548. The molecule has 0 saturated carbocycles. The predicted octanol–water partition coefficient (Wildman–Crippen LogP) is 2.25. The first-order valence-electron chi connectivity index (χ1n) is 7.17. The molecule has 21 heavy (non-hydrogen) atoms. The van der Waals surface area contributed by atoms with Crippen LogP contribution < -0.4 is 10.0 Å². The van der Waals surface area contributed by atoms with E-state index in [1.807, 2.05) is 13.8 Å². The van der Waals surface area contributed by atoms with E-state index in [9.17, 15) is 12.8 Å². The fraction of sp³-hybridized carbons (Fsp3) is 0.600. The number of hydrogen-bond acceptors (Lipinski definition) is 3. The Balaban J connectivity index is 2.50. The lowest BCUT2D eigenvalue weighted by Crippen LogP contribution is -2.29. The maximum atomic E-state index is 13.5. The van der Waals surface area contributed by atoms with Crippen LogP contribution in [0.25, 0.3) is 0 Å². The van der Waals surface area contributed by atoms with Gasteiger partial charge >= 0.3 is 0 Å². The largest absolute Gasteiger partial charge is 0.314 e. The summed E-state index contributed by atoms with van der Waals surface area (Å²) < 4.78 is 39.8. The fourth-order valence-corrected chi connectivity index (χ4v) is 3.11. The van der Waals surface area contributed by atoms with E-state index < -0.39 is 10.0 Å². The second-order valence-electron chi connectivity index (χ2n) is 5.65. The third-order valence-electron chi connectivity index (χ3n) is 3.13. The Morgan fingerprint density at radius 1 is 1.19 bits per heavy atom. The van der Waals surface area contributed by atoms with Gasteiger partial charge in [-0.05, 0) is 43.5 Å². The first kappa shape index (κ1) is 18.1. The van der Waals surface area contributed by atoms with E-state index in [0.717, 1.165) is 5.56 Å². The molecule has 0 heterocycles. The van der Waals surface area contributed by atoms with Crippen LogP contribution in [0.5, 0.6) is 0 Å². The van der Waals surface area contributed by atoms with Crippen LogP contribution in [-0.2, 0) is 16.6 Å². The van der Waals surface area contributed by atoms with Crippen LogP contribution in [0.3, 0.4) is 0 Å². The molecule has 4 nitrogen and oxygen atoms in total. The van der Waals surface area contributed by atoms with Crippen molar-refractivity contribution in [3.05, 3.63) is 34.6 Å². The molecule has 0 spiro atoms. The summed E-state index contributed by atoms with van der Waals surface area (Å²) >= 11 is 0. The molecule has 0 saturated heterocycles. The fourth-order valence-electron chi connectivity index (χ4n) is 2.06. The minimum atomic E-state index is -3.30. The molecule has 1 rings (SSSR count). The first-order chi connectivity index (χ1) is 9.71. The quantitative estimate of drug-likeness (QED) is 0.723. The van der Waals surface area contributed by atoms with Gasteiger partial charge in [0.25, 0.3) is 0 Å². The van der Waals surface area contributed by atoms with Crippen LogP contribution in [0.1, 0.15) is 37.0 Å². The number of aryl methyl sites for hydroxylation is 2. The number of rotatable bonds is 8. The lowest BCUT2D eigenvalue weighted by Gasteiger charge is -2.10. The van der Waals surface area contributed by atoms with E-state index >= 15 is 0 Å². The molecule has 6 heteroatoms. The van der Waals surface area contributed by atoms with Crippen LogP contribution in [0.15, 0.2) is 12.1 Å². The topological polar surface area (TPSA) is 58.2 Å². The van der Waals surface area contributed by atoms with Crippen molar-refractivity contribution in [1.82, 2.24) is 10.0 Å². The Kier molecular flexibility index (Phi) is 6.77. The highest BCUT2D eigenvalue weighted by atomic mass is 32.2. The maximum Gasteiger partial charge on any atom is 0.211 e. The number of benzene rings is 1. The van der Waals surface area contributed by atoms with Crippen molar-refractivity contribution < 1.29 is 12.8 Å². The summed E-state index contributed by atoms with van der Waals surface area (Å²) in [5.74, 6) is -0.146. The van der Waals surface area contributed by atoms with E-state index in [1.165, 1.54) is 0 Å². The van der Waals surface area contributed by atoms with Gasteiger partial charge in [0.05, 0.1) is 5.75 Å². The van der Waals surface area contributed by atoms with Crippen molar-refractivity contribution >= 4 is 10.0 Å². The van der Waals surface area contributed by atoms with Crippen molar-refractivity contribution in [2.45, 2.75) is 46.7 Å². The molecule has 0 atom stereocenters. The molecule has 0 radical (unpaired) electrons. The van der Waals surface area contributed by atoms with Gasteiger partial charge in [0.1, 0.15) is 5.82 Å². The lowest BCUT2D eigenvalue weighted by molar-refractivity contribution is 0.560. The zero-order chi connectivity index (χ0) is 16.0. The van der Waals surface area contributed by atoms with Crippen molar-refractivity contribution in [1.29, 1.82) is 0 Å². The minimum absolute atomic E-state index is 0.0892. The average molecular weight is 316 g/mol. The van der Waals surface area contributed by atoms with Gasteiger partial charge in [0.15, 0.2) is 0 Å². The predicted molar refractivity (Wildman–Crippen MR) is 84.3 cm³/mol. The van der Waals surface area contributed by atoms with E-state index in [-0.39, 0.29) is 18.1 Å². The number of nitrogens with one attached hydrogen (secondary N) is 2. The molecule has 0 aliphatic carbocycles. The highest BCUT2D eigenvalue weighted by Crippen LogP contribution is 2.14. The van der Waals surface area contributed by atoms with Crippen LogP contribution in [-0.4, -0.2) is 26.8 Å². The third kappa shape index (κ3) is 6.54. The lowest BCUT2D eigenvalue weighted by atomic mass is 10.1. The Labute approximate surface area is 127 Å². The summed E-state index contributed by atoms with van der Waals surface area (Å²) in [4.78, 5) is 0. The molecular formula is C15H25FN2O2S. The van der Waals surface area contributed by atoms with Gasteiger partial charge in [0.2, 0.25) is 10.0 Å². The molecule has 1 aromatic carbocycles. The molecule has 0 amide bonds. The summed E-state index contributed by atoms with van der Waals surface area (Å²) in [7, 11) is -3.30. The number of halogens is 1. The minimum Gasteiger partial charge on any atom is -0.314 e. The SMILES string of the molecule is Cc1cc(CNS(=O)(=O)CCCNC(C)C)cc(C)c1F. The molecule has 0 aliphatic heterocycles. The van der Waals surface area contributed by atoms with Gasteiger partial charge in [-0.25, -0.2) is 17.5 Å². The van der Waals surface area contributed by atoms with Crippen molar-refractivity contribution in [3.63, 3.8) is 0 Å². The Hall–Kier alpha value is -0.980. The van der Waals surface area contributed by atoms with Crippen LogP contribution in [0, 0.1) is 19.7 Å². The summed E-state index contributed by atoms with van der Waals surface area (Å²) in [5, 5.41) is 3.18. The van der Waals surface area contributed by atoms with Gasteiger partial charge < -0.3 is 5.32 Å². The molecule has 1 aromatic rings. The van der Waals surface area contributed by atoms with E-state index in [4.69, 9.17) is 0 Å². The molecule has 0 aliphatic rings. The second kappa shape index (κ2) is 7.87. The highest BCUT2D eigenvalue weighted by molar-refractivity contribution is 7.89. The van der Waals surface area contributed by atoms with Gasteiger partial charge in [-0.15, -0.1) is 0 Å². The maximum absolute atomic E-state index is 13.5. The highest BCUT2D eigenvalue weighted by Gasteiger charge is 2.11. The Morgan fingerprint density at radius 3 is 2.29 bits per heavy atom. The van der Waals surface area contributed by atoms with Crippen molar-refractivity contribution in [3.8, 4) is 0 Å².